The van der Waals surface area contributed by atoms with Crippen molar-refractivity contribution in [3.63, 3.8) is 0 Å². The maximum atomic E-state index is 13.6. The summed E-state index contributed by atoms with van der Waals surface area (Å²) in [4.78, 5) is 26.1. The second-order valence-electron chi connectivity index (χ2n) is 8.11. The zero-order valence-electron chi connectivity index (χ0n) is 19.1. The number of amides is 1. The molecule has 4 aromatic rings. The van der Waals surface area contributed by atoms with E-state index in [2.05, 4.69) is 5.10 Å². The van der Waals surface area contributed by atoms with E-state index < -0.39 is 24.3 Å². The number of methoxy groups -OCH3 is 1. The summed E-state index contributed by atoms with van der Waals surface area (Å²) in [6.07, 6.45) is 0.504. The van der Waals surface area contributed by atoms with Crippen LogP contribution in [0.25, 0.3) is 10.1 Å². The highest BCUT2D eigenvalue weighted by atomic mass is 35.5. The van der Waals surface area contributed by atoms with Crippen molar-refractivity contribution >= 4 is 50.6 Å². The minimum atomic E-state index is -0.748. The van der Waals surface area contributed by atoms with Crippen LogP contribution in [0.3, 0.4) is 0 Å². The maximum Gasteiger partial charge on any atom is 0.350 e. The molecule has 0 fully saturated rings. The highest BCUT2D eigenvalue weighted by molar-refractivity contribution is 7.21. The first-order chi connectivity index (χ1) is 17.4. The predicted molar refractivity (Wildman–Crippen MR) is 137 cm³/mol. The van der Waals surface area contributed by atoms with Crippen LogP contribution in [0.15, 0.2) is 77.9 Å². The van der Waals surface area contributed by atoms with Crippen molar-refractivity contribution in [3.05, 3.63) is 99.6 Å². The summed E-state index contributed by atoms with van der Waals surface area (Å²) in [5.41, 5.74) is 2.54. The summed E-state index contributed by atoms with van der Waals surface area (Å²) in [5, 5.41) is 6.67. The molecule has 0 N–H and O–H groups in total. The van der Waals surface area contributed by atoms with Crippen LogP contribution in [-0.4, -0.2) is 36.3 Å². The summed E-state index contributed by atoms with van der Waals surface area (Å²) < 4.78 is 24.6. The van der Waals surface area contributed by atoms with Crippen molar-refractivity contribution in [3.8, 4) is 5.75 Å². The van der Waals surface area contributed by atoms with Crippen LogP contribution >= 0.6 is 22.9 Å². The Hall–Kier alpha value is -3.75. The van der Waals surface area contributed by atoms with Gasteiger partial charge in [0.1, 0.15) is 16.4 Å². The Kier molecular flexibility index (Phi) is 6.71. The van der Waals surface area contributed by atoms with Gasteiger partial charge >= 0.3 is 5.97 Å². The van der Waals surface area contributed by atoms with Crippen LogP contribution in [0.2, 0.25) is 5.02 Å². The highest BCUT2D eigenvalue weighted by Gasteiger charge is 2.34. The lowest BCUT2D eigenvalue weighted by Crippen LogP contribution is -2.31. The third kappa shape index (κ3) is 4.69. The van der Waals surface area contributed by atoms with E-state index in [0.29, 0.717) is 22.3 Å². The molecule has 0 saturated carbocycles. The molecule has 3 aromatic carbocycles. The molecular weight excluding hydrogens is 503 g/mol. The average Bonchev–Trinajstić information content (AvgIpc) is 3.49. The Morgan fingerprint density at radius 1 is 1.11 bits per heavy atom. The van der Waals surface area contributed by atoms with Gasteiger partial charge in [-0.3, -0.25) is 4.79 Å². The van der Waals surface area contributed by atoms with Crippen molar-refractivity contribution in [2.75, 3.05) is 13.7 Å². The van der Waals surface area contributed by atoms with Gasteiger partial charge in [0.2, 0.25) is 0 Å². The number of hydrogen-bond donors (Lipinski definition) is 0. The van der Waals surface area contributed by atoms with Crippen molar-refractivity contribution in [1.82, 2.24) is 5.01 Å². The largest absolute Gasteiger partial charge is 0.497 e. The lowest BCUT2D eigenvalue weighted by atomic mass is 9.98. The molecule has 1 atom stereocenters. The molecule has 0 radical (unpaired) electrons. The lowest BCUT2D eigenvalue weighted by molar-refractivity contribution is -0.136. The van der Waals surface area contributed by atoms with Crippen molar-refractivity contribution in [2.45, 2.75) is 12.5 Å². The number of carbonyl (C=O) groups excluding carboxylic acids is 2. The van der Waals surface area contributed by atoms with Gasteiger partial charge in [-0.05, 0) is 41.5 Å². The molecule has 36 heavy (non-hydrogen) atoms. The molecule has 5 rings (SSSR count). The molecule has 1 amide bonds. The molecule has 0 saturated heterocycles. The fourth-order valence-electron chi connectivity index (χ4n) is 4.06. The Balaban J connectivity index is 1.36. The smallest absolute Gasteiger partial charge is 0.350 e. The molecule has 182 valence electrons. The number of hydrazone groups is 1. The third-order valence-corrected chi connectivity index (χ3v) is 7.51. The quantitative estimate of drug-likeness (QED) is 0.281. The van der Waals surface area contributed by atoms with Gasteiger partial charge in [-0.2, -0.15) is 5.10 Å². The highest BCUT2D eigenvalue weighted by Crippen LogP contribution is 2.37. The number of thiophene rings is 1. The Bertz CT molecular complexity index is 1470. The first-order valence-corrected chi connectivity index (χ1v) is 12.3. The molecule has 2 heterocycles. The predicted octanol–water partition coefficient (Wildman–Crippen LogP) is 6.24. The minimum Gasteiger partial charge on any atom is -0.497 e. The van der Waals surface area contributed by atoms with Crippen LogP contribution in [-0.2, 0) is 9.53 Å². The van der Waals surface area contributed by atoms with Crippen molar-refractivity contribution in [1.29, 1.82) is 0 Å². The number of ether oxygens (including phenoxy) is 2. The van der Waals surface area contributed by atoms with Gasteiger partial charge in [0.05, 0.1) is 23.9 Å². The van der Waals surface area contributed by atoms with E-state index in [-0.39, 0.29) is 15.9 Å². The van der Waals surface area contributed by atoms with E-state index in [4.69, 9.17) is 21.1 Å². The zero-order chi connectivity index (χ0) is 25.2. The van der Waals surface area contributed by atoms with Crippen molar-refractivity contribution in [2.24, 2.45) is 5.10 Å². The van der Waals surface area contributed by atoms with Crippen molar-refractivity contribution < 1.29 is 23.5 Å². The molecule has 6 nitrogen and oxygen atoms in total. The number of benzene rings is 3. The molecule has 1 aliphatic rings. The van der Waals surface area contributed by atoms with Gasteiger partial charge in [-0.1, -0.05) is 54.1 Å². The molecule has 9 heteroatoms. The zero-order valence-corrected chi connectivity index (χ0v) is 20.7. The van der Waals surface area contributed by atoms with Gasteiger partial charge in [0.25, 0.3) is 5.91 Å². The standard InChI is InChI=1S/C27H20ClFN2O4S/c1-34-19-10-7-17(8-11-19)22-14-21(16-5-3-2-4-6-16)30-31(22)24(32)15-35-27(33)26-25(28)20-12-9-18(29)13-23(20)36-26/h2-13,22H,14-15H2,1H3/t22-/m1/s1. The first kappa shape index (κ1) is 24.0. The monoisotopic (exact) mass is 522 g/mol. The van der Waals surface area contributed by atoms with E-state index in [9.17, 15) is 14.0 Å². The van der Waals surface area contributed by atoms with Crippen LogP contribution in [0.4, 0.5) is 4.39 Å². The van der Waals surface area contributed by atoms with E-state index in [0.717, 1.165) is 28.2 Å². The van der Waals surface area contributed by atoms with E-state index in [1.165, 1.54) is 23.2 Å². The first-order valence-electron chi connectivity index (χ1n) is 11.1. The molecule has 0 spiro atoms. The fraction of sp³-hybridized carbons (Fsp3) is 0.148. The summed E-state index contributed by atoms with van der Waals surface area (Å²) in [5.74, 6) is -0.949. The number of hydrogen-bond acceptors (Lipinski definition) is 6. The SMILES string of the molecule is COc1ccc([C@H]2CC(c3ccccc3)=NN2C(=O)COC(=O)c2sc3cc(F)ccc3c2Cl)cc1. The Morgan fingerprint density at radius 3 is 2.58 bits per heavy atom. The Labute approximate surface area is 215 Å². The molecule has 1 aromatic heterocycles. The third-order valence-electron chi connectivity index (χ3n) is 5.88. The molecule has 1 aliphatic heterocycles. The van der Waals surface area contributed by atoms with Gasteiger partial charge in [0, 0.05) is 16.5 Å². The number of esters is 1. The fourth-order valence-corrected chi connectivity index (χ4v) is 5.49. The Morgan fingerprint density at radius 2 is 1.86 bits per heavy atom. The molecule has 0 unspecified atom stereocenters. The second kappa shape index (κ2) is 10.1. The van der Waals surface area contributed by atoms with Gasteiger partial charge in [-0.25, -0.2) is 14.2 Å². The van der Waals surface area contributed by atoms with Crippen LogP contribution in [0.5, 0.6) is 5.75 Å². The number of fused-ring (bicyclic) bond motifs is 1. The van der Waals surface area contributed by atoms with Gasteiger partial charge in [-0.15, -0.1) is 11.3 Å². The lowest BCUT2D eigenvalue weighted by Gasteiger charge is -2.22. The minimum absolute atomic E-state index is 0.117. The topological polar surface area (TPSA) is 68.2 Å². The van der Waals surface area contributed by atoms with Crippen LogP contribution in [0, 0.1) is 5.82 Å². The summed E-state index contributed by atoms with van der Waals surface area (Å²) in [6, 6.07) is 20.7. The second-order valence-corrected chi connectivity index (χ2v) is 9.54. The molecular formula is C27H20ClFN2O4S. The number of carbonyl (C=O) groups is 2. The van der Waals surface area contributed by atoms with E-state index in [1.54, 1.807) is 7.11 Å². The van der Waals surface area contributed by atoms with E-state index >= 15 is 0 Å². The maximum absolute atomic E-state index is 13.6. The molecule has 0 aliphatic carbocycles. The van der Waals surface area contributed by atoms with Gasteiger partial charge < -0.3 is 9.47 Å². The average molecular weight is 523 g/mol. The van der Waals surface area contributed by atoms with Crippen LogP contribution < -0.4 is 4.74 Å². The van der Waals surface area contributed by atoms with E-state index in [1.807, 2.05) is 54.6 Å². The number of nitrogens with zero attached hydrogens (tertiary/aromatic N) is 2. The van der Waals surface area contributed by atoms with Crippen LogP contribution in [0.1, 0.15) is 33.3 Å². The summed E-state index contributed by atoms with van der Waals surface area (Å²) in [7, 11) is 1.59. The summed E-state index contributed by atoms with van der Waals surface area (Å²) in [6.45, 7) is -0.518. The molecule has 0 bridgehead atoms. The number of halogens is 2. The normalized spacial score (nSPS) is 15.1. The summed E-state index contributed by atoms with van der Waals surface area (Å²) >= 11 is 7.34. The van der Waals surface area contributed by atoms with Gasteiger partial charge in [0.15, 0.2) is 6.61 Å². The number of rotatable bonds is 6.